The number of nitrogen functional groups attached to an aromatic ring is 2. The van der Waals surface area contributed by atoms with Gasteiger partial charge in [0, 0.05) is 22.5 Å². The minimum Gasteiger partial charge on any atom is -0.399 e. The van der Waals surface area contributed by atoms with Crippen molar-refractivity contribution in [2.75, 3.05) is 11.5 Å². The van der Waals surface area contributed by atoms with Crippen LogP contribution in [0.1, 0.15) is 20.7 Å². The Kier molecular flexibility index (Phi) is 3.30. The first kappa shape index (κ1) is 13.4. The van der Waals surface area contributed by atoms with Gasteiger partial charge in [-0.3, -0.25) is 9.59 Å². The molecule has 0 aliphatic carbocycles. The molecule has 0 saturated heterocycles. The van der Waals surface area contributed by atoms with E-state index < -0.39 is 11.8 Å². The lowest BCUT2D eigenvalue weighted by Crippen LogP contribution is -2.16. The molecule has 0 saturated carbocycles. The van der Waals surface area contributed by atoms with E-state index in [0.717, 1.165) is 0 Å². The fourth-order valence-corrected chi connectivity index (χ4v) is 2.00. The molecule has 0 spiro atoms. The first-order valence-electron chi connectivity index (χ1n) is 5.79. The highest BCUT2D eigenvalue weighted by Crippen LogP contribution is 2.29. The molecule has 102 valence electrons. The van der Waals surface area contributed by atoms with E-state index >= 15 is 0 Å². The van der Waals surface area contributed by atoms with Crippen molar-refractivity contribution in [3.05, 3.63) is 47.5 Å². The van der Waals surface area contributed by atoms with E-state index in [1.165, 1.54) is 12.1 Å². The van der Waals surface area contributed by atoms with Gasteiger partial charge in [-0.1, -0.05) is 12.1 Å². The second kappa shape index (κ2) is 4.93. The van der Waals surface area contributed by atoms with E-state index in [1.807, 2.05) is 0 Å². The molecule has 2 aromatic rings. The van der Waals surface area contributed by atoms with Crippen LogP contribution in [0.5, 0.6) is 0 Å². The molecule has 0 fully saturated rings. The Morgan fingerprint density at radius 3 is 1.35 bits per heavy atom. The monoisotopic (exact) mass is 270 g/mol. The zero-order valence-electron chi connectivity index (χ0n) is 10.6. The third-order valence-corrected chi connectivity index (χ3v) is 2.91. The number of carbonyl (C=O) groups is 2. The molecule has 0 bridgehead atoms. The first-order valence-corrected chi connectivity index (χ1v) is 5.79. The highest BCUT2D eigenvalue weighted by molar-refractivity contribution is 6.06. The van der Waals surface area contributed by atoms with Crippen molar-refractivity contribution >= 4 is 23.2 Å². The molecule has 0 unspecified atom stereocenters. The largest absolute Gasteiger partial charge is 0.399 e. The quantitative estimate of drug-likeness (QED) is 0.610. The number of primary amides is 2. The van der Waals surface area contributed by atoms with Crippen LogP contribution >= 0.6 is 0 Å². The van der Waals surface area contributed by atoms with Gasteiger partial charge < -0.3 is 22.9 Å². The molecule has 2 aromatic carbocycles. The van der Waals surface area contributed by atoms with Gasteiger partial charge in [0.05, 0.1) is 0 Å². The van der Waals surface area contributed by atoms with Gasteiger partial charge >= 0.3 is 0 Å². The normalized spacial score (nSPS) is 10.2. The lowest BCUT2D eigenvalue weighted by Gasteiger charge is -2.12. The average molecular weight is 270 g/mol. The summed E-state index contributed by atoms with van der Waals surface area (Å²) in [6, 6.07) is 9.38. The Hall–Kier alpha value is -3.02. The summed E-state index contributed by atoms with van der Waals surface area (Å²) in [5.74, 6) is -1.28. The van der Waals surface area contributed by atoms with E-state index in [9.17, 15) is 9.59 Å². The summed E-state index contributed by atoms with van der Waals surface area (Å²) in [5.41, 5.74) is 24.2. The smallest absolute Gasteiger partial charge is 0.249 e. The number of benzene rings is 2. The molecule has 2 rings (SSSR count). The van der Waals surface area contributed by atoms with Crippen molar-refractivity contribution in [3.63, 3.8) is 0 Å². The van der Waals surface area contributed by atoms with E-state index in [0.29, 0.717) is 22.5 Å². The SMILES string of the molecule is NC(=O)c1cc(N)ccc1-c1ccc(N)cc1C(N)=O. The molecule has 0 heterocycles. The van der Waals surface area contributed by atoms with Gasteiger partial charge in [-0.25, -0.2) is 0 Å². The van der Waals surface area contributed by atoms with Crippen LogP contribution in [0.2, 0.25) is 0 Å². The maximum Gasteiger partial charge on any atom is 0.249 e. The number of rotatable bonds is 3. The van der Waals surface area contributed by atoms with E-state index in [2.05, 4.69) is 0 Å². The Bertz CT molecular complexity index is 649. The number of anilines is 2. The van der Waals surface area contributed by atoms with Gasteiger partial charge in [0.15, 0.2) is 0 Å². The van der Waals surface area contributed by atoms with Gasteiger partial charge in [0.1, 0.15) is 0 Å². The van der Waals surface area contributed by atoms with Crippen LogP contribution in [0.3, 0.4) is 0 Å². The predicted octanol–water partition coefficient (Wildman–Crippen LogP) is 0.716. The Morgan fingerprint density at radius 2 is 1.05 bits per heavy atom. The highest BCUT2D eigenvalue weighted by Gasteiger charge is 2.16. The van der Waals surface area contributed by atoms with Crippen molar-refractivity contribution in [2.45, 2.75) is 0 Å². The topological polar surface area (TPSA) is 138 Å². The number of hydrogen-bond acceptors (Lipinski definition) is 4. The summed E-state index contributed by atoms with van der Waals surface area (Å²) in [6.45, 7) is 0. The minimum absolute atomic E-state index is 0.220. The molecule has 0 aliphatic heterocycles. The molecule has 6 nitrogen and oxygen atoms in total. The molecule has 0 aromatic heterocycles. The zero-order chi connectivity index (χ0) is 14.9. The second-order valence-corrected chi connectivity index (χ2v) is 4.34. The van der Waals surface area contributed by atoms with Crippen molar-refractivity contribution in [3.8, 4) is 11.1 Å². The summed E-state index contributed by atoms with van der Waals surface area (Å²) in [7, 11) is 0. The summed E-state index contributed by atoms with van der Waals surface area (Å²) < 4.78 is 0. The van der Waals surface area contributed by atoms with Gasteiger partial charge in [-0.05, 0) is 35.4 Å². The van der Waals surface area contributed by atoms with Gasteiger partial charge in [0.2, 0.25) is 11.8 Å². The molecule has 0 radical (unpaired) electrons. The maximum atomic E-state index is 11.5. The van der Waals surface area contributed by atoms with E-state index in [1.54, 1.807) is 24.3 Å². The van der Waals surface area contributed by atoms with Crippen LogP contribution in [-0.2, 0) is 0 Å². The van der Waals surface area contributed by atoms with E-state index in [-0.39, 0.29) is 11.1 Å². The Morgan fingerprint density at radius 1 is 0.700 bits per heavy atom. The molecular weight excluding hydrogens is 256 g/mol. The van der Waals surface area contributed by atoms with Crippen LogP contribution in [0.4, 0.5) is 11.4 Å². The lowest BCUT2D eigenvalue weighted by atomic mass is 9.94. The predicted molar refractivity (Wildman–Crippen MR) is 77.7 cm³/mol. The van der Waals surface area contributed by atoms with Gasteiger partial charge in [-0.15, -0.1) is 0 Å². The zero-order valence-corrected chi connectivity index (χ0v) is 10.6. The van der Waals surface area contributed by atoms with Crippen LogP contribution in [-0.4, -0.2) is 11.8 Å². The molecule has 20 heavy (non-hydrogen) atoms. The third-order valence-electron chi connectivity index (χ3n) is 2.91. The number of carbonyl (C=O) groups excluding carboxylic acids is 2. The Balaban J connectivity index is 2.75. The molecule has 8 N–H and O–H groups in total. The minimum atomic E-state index is -0.639. The molecule has 0 aliphatic rings. The summed E-state index contributed by atoms with van der Waals surface area (Å²) in [6.07, 6.45) is 0. The maximum absolute atomic E-state index is 11.5. The molecule has 0 atom stereocenters. The number of amides is 2. The first-order chi connectivity index (χ1) is 9.40. The summed E-state index contributed by atoms with van der Waals surface area (Å²) >= 11 is 0. The second-order valence-electron chi connectivity index (χ2n) is 4.34. The fraction of sp³-hybridized carbons (Fsp3) is 0. The van der Waals surface area contributed by atoms with Crippen molar-refractivity contribution in [2.24, 2.45) is 11.5 Å². The van der Waals surface area contributed by atoms with Crippen LogP contribution in [0.25, 0.3) is 11.1 Å². The summed E-state index contributed by atoms with van der Waals surface area (Å²) in [4.78, 5) is 23.0. The lowest BCUT2D eigenvalue weighted by molar-refractivity contribution is 0.0990. The molecule has 6 heteroatoms. The van der Waals surface area contributed by atoms with Crippen LogP contribution < -0.4 is 22.9 Å². The van der Waals surface area contributed by atoms with Crippen LogP contribution in [0.15, 0.2) is 36.4 Å². The molecular formula is C14H14N4O2. The van der Waals surface area contributed by atoms with Gasteiger partial charge in [-0.2, -0.15) is 0 Å². The van der Waals surface area contributed by atoms with Crippen LogP contribution in [0, 0.1) is 0 Å². The summed E-state index contributed by atoms with van der Waals surface area (Å²) in [5, 5.41) is 0. The Labute approximate surface area is 115 Å². The number of nitrogens with two attached hydrogens (primary N) is 4. The third kappa shape index (κ3) is 2.39. The fourth-order valence-electron chi connectivity index (χ4n) is 2.00. The van der Waals surface area contributed by atoms with Crippen molar-refractivity contribution in [1.29, 1.82) is 0 Å². The highest BCUT2D eigenvalue weighted by atomic mass is 16.1. The van der Waals surface area contributed by atoms with E-state index in [4.69, 9.17) is 22.9 Å². The number of hydrogen-bond donors (Lipinski definition) is 4. The van der Waals surface area contributed by atoms with Crippen molar-refractivity contribution < 1.29 is 9.59 Å². The standard InChI is InChI=1S/C14H14N4O2/c15-7-1-3-9(11(5-7)13(17)19)10-4-2-8(16)6-12(10)14(18)20/h1-6H,15-16H2,(H2,17,19)(H2,18,20). The van der Waals surface area contributed by atoms with Crippen molar-refractivity contribution in [1.82, 2.24) is 0 Å². The van der Waals surface area contributed by atoms with Gasteiger partial charge in [0.25, 0.3) is 0 Å². The molecule has 2 amide bonds. The average Bonchev–Trinajstić information content (AvgIpc) is 2.38.